The van der Waals surface area contributed by atoms with E-state index in [0.29, 0.717) is 24.3 Å². The largest absolute Gasteiger partial charge is 0.336 e. The summed E-state index contributed by atoms with van der Waals surface area (Å²) in [6.07, 6.45) is 7.77. The van der Waals surface area contributed by atoms with E-state index < -0.39 is 0 Å². The van der Waals surface area contributed by atoms with Crippen LogP contribution in [0.2, 0.25) is 0 Å². The highest BCUT2D eigenvalue weighted by atomic mass is 16.2. The van der Waals surface area contributed by atoms with Gasteiger partial charge in [-0.15, -0.1) is 0 Å². The standard InChI is InChI=1S/C21H25N3O/c25-21(18-12-17(18)16-6-7-16)23-11-9-20-19(13-23)22-14-24(20)10-8-15-4-2-1-3-5-15/h1-5,14,16-18H,6-13H2. The molecular weight excluding hydrogens is 310 g/mol. The molecule has 0 N–H and O–H groups in total. The van der Waals surface area contributed by atoms with Crippen molar-refractivity contribution in [3.05, 3.63) is 53.6 Å². The molecule has 1 aliphatic heterocycles. The van der Waals surface area contributed by atoms with Crippen molar-refractivity contribution in [2.75, 3.05) is 6.54 Å². The Bertz CT molecular complexity index is 778. The van der Waals surface area contributed by atoms with Gasteiger partial charge in [-0.2, -0.15) is 0 Å². The maximum atomic E-state index is 12.7. The molecule has 130 valence electrons. The molecular formula is C21H25N3O. The van der Waals surface area contributed by atoms with Crippen molar-refractivity contribution in [1.82, 2.24) is 14.5 Å². The number of amides is 1. The van der Waals surface area contributed by atoms with Crippen LogP contribution in [-0.2, 0) is 30.7 Å². The van der Waals surface area contributed by atoms with E-state index in [4.69, 9.17) is 0 Å². The normalized spacial score (nSPS) is 24.9. The van der Waals surface area contributed by atoms with Gasteiger partial charge in [0.25, 0.3) is 0 Å². The molecule has 2 unspecified atom stereocenters. The highest BCUT2D eigenvalue weighted by Crippen LogP contribution is 2.55. The average molecular weight is 335 g/mol. The first-order chi connectivity index (χ1) is 12.3. The summed E-state index contributed by atoms with van der Waals surface area (Å²) in [7, 11) is 0. The maximum Gasteiger partial charge on any atom is 0.226 e. The molecule has 2 heterocycles. The number of benzene rings is 1. The van der Waals surface area contributed by atoms with Crippen LogP contribution in [0, 0.1) is 17.8 Å². The zero-order valence-electron chi connectivity index (χ0n) is 14.6. The van der Waals surface area contributed by atoms with Crippen LogP contribution >= 0.6 is 0 Å². The predicted octanol–water partition coefficient (Wildman–Crippen LogP) is 3.06. The monoisotopic (exact) mass is 335 g/mol. The van der Waals surface area contributed by atoms with E-state index >= 15 is 0 Å². The smallest absolute Gasteiger partial charge is 0.226 e. The van der Waals surface area contributed by atoms with Crippen molar-refractivity contribution in [2.45, 2.75) is 45.2 Å². The van der Waals surface area contributed by atoms with E-state index in [-0.39, 0.29) is 0 Å². The molecule has 2 atom stereocenters. The quantitative estimate of drug-likeness (QED) is 0.842. The first kappa shape index (κ1) is 15.2. The fourth-order valence-electron chi connectivity index (χ4n) is 4.42. The lowest BCUT2D eigenvalue weighted by atomic mass is 10.1. The lowest BCUT2D eigenvalue weighted by Gasteiger charge is -2.27. The van der Waals surface area contributed by atoms with Gasteiger partial charge in [0, 0.05) is 31.1 Å². The number of carbonyl (C=O) groups is 1. The van der Waals surface area contributed by atoms with Gasteiger partial charge in [-0.05, 0) is 43.1 Å². The van der Waals surface area contributed by atoms with Gasteiger partial charge >= 0.3 is 0 Å². The summed E-state index contributed by atoms with van der Waals surface area (Å²) >= 11 is 0. The highest BCUT2D eigenvalue weighted by Gasteiger charge is 2.52. The Morgan fingerprint density at radius 3 is 2.84 bits per heavy atom. The molecule has 2 saturated carbocycles. The van der Waals surface area contributed by atoms with Crippen LogP contribution in [0.25, 0.3) is 0 Å². The third-order valence-electron chi connectivity index (χ3n) is 6.17. The van der Waals surface area contributed by atoms with E-state index in [1.165, 1.54) is 24.1 Å². The minimum absolute atomic E-state index is 0.328. The van der Waals surface area contributed by atoms with Gasteiger partial charge in [0.2, 0.25) is 5.91 Å². The van der Waals surface area contributed by atoms with Crippen LogP contribution in [0.4, 0.5) is 0 Å². The molecule has 1 amide bonds. The van der Waals surface area contributed by atoms with Gasteiger partial charge in [0.1, 0.15) is 0 Å². The minimum atomic E-state index is 0.328. The Morgan fingerprint density at radius 1 is 1.20 bits per heavy atom. The second-order valence-corrected chi connectivity index (χ2v) is 7.92. The summed E-state index contributed by atoms with van der Waals surface area (Å²) in [5.41, 5.74) is 3.79. The number of hydrogen-bond acceptors (Lipinski definition) is 2. The van der Waals surface area contributed by atoms with Gasteiger partial charge in [-0.3, -0.25) is 4.79 Å². The lowest BCUT2D eigenvalue weighted by Crippen LogP contribution is -2.37. The van der Waals surface area contributed by atoms with Gasteiger partial charge in [-0.1, -0.05) is 30.3 Å². The Morgan fingerprint density at radius 2 is 2.04 bits per heavy atom. The number of hydrogen-bond donors (Lipinski definition) is 0. The van der Waals surface area contributed by atoms with Gasteiger partial charge < -0.3 is 9.47 Å². The van der Waals surface area contributed by atoms with Crippen LogP contribution in [-0.4, -0.2) is 26.9 Å². The second kappa shape index (κ2) is 6.01. The van der Waals surface area contributed by atoms with Crippen LogP contribution in [0.3, 0.4) is 0 Å². The minimum Gasteiger partial charge on any atom is -0.336 e. The number of imidazole rings is 1. The topological polar surface area (TPSA) is 38.1 Å². The fraction of sp³-hybridized carbons (Fsp3) is 0.524. The van der Waals surface area contributed by atoms with Crippen LogP contribution in [0.5, 0.6) is 0 Å². The van der Waals surface area contributed by atoms with Crippen molar-refractivity contribution in [3.63, 3.8) is 0 Å². The first-order valence-electron chi connectivity index (χ1n) is 9.65. The van der Waals surface area contributed by atoms with E-state index in [1.54, 1.807) is 0 Å². The SMILES string of the molecule is O=C(C1CC1C1CC1)N1CCc2c(ncn2CCc2ccccc2)C1. The molecule has 1 aromatic heterocycles. The summed E-state index contributed by atoms with van der Waals surface area (Å²) in [5, 5.41) is 0. The van der Waals surface area contributed by atoms with Crippen molar-refractivity contribution in [3.8, 4) is 0 Å². The summed E-state index contributed by atoms with van der Waals surface area (Å²) in [4.78, 5) is 19.4. The third kappa shape index (κ3) is 2.99. The predicted molar refractivity (Wildman–Crippen MR) is 95.8 cm³/mol. The van der Waals surface area contributed by atoms with Crippen molar-refractivity contribution >= 4 is 5.91 Å². The molecule has 0 spiro atoms. The first-order valence-corrected chi connectivity index (χ1v) is 9.65. The molecule has 0 radical (unpaired) electrons. The molecule has 0 bridgehead atoms. The van der Waals surface area contributed by atoms with Gasteiger partial charge in [0.05, 0.1) is 18.6 Å². The molecule has 25 heavy (non-hydrogen) atoms. The van der Waals surface area contributed by atoms with Crippen LogP contribution < -0.4 is 0 Å². The number of rotatable bonds is 5. The van der Waals surface area contributed by atoms with Gasteiger partial charge in [0.15, 0.2) is 0 Å². The number of aryl methyl sites for hydroxylation is 2. The Hall–Kier alpha value is -2.10. The van der Waals surface area contributed by atoms with Crippen LogP contribution in [0.1, 0.15) is 36.2 Å². The van der Waals surface area contributed by atoms with E-state index in [9.17, 15) is 4.79 Å². The summed E-state index contributed by atoms with van der Waals surface area (Å²) < 4.78 is 2.29. The molecule has 5 rings (SSSR count). The Kier molecular flexibility index (Phi) is 3.65. The molecule has 1 aromatic carbocycles. The second-order valence-electron chi connectivity index (χ2n) is 7.92. The van der Waals surface area contributed by atoms with E-state index in [1.807, 2.05) is 6.33 Å². The Labute approximate surface area is 148 Å². The third-order valence-corrected chi connectivity index (χ3v) is 6.17. The zero-order chi connectivity index (χ0) is 16.8. The number of aromatic nitrogens is 2. The molecule has 3 aliphatic rings. The van der Waals surface area contributed by atoms with Crippen LogP contribution in [0.15, 0.2) is 36.7 Å². The average Bonchev–Trinajstić information content (AvgIpc) is 3.55. The maximum absolute atomic E-state index is 12.7. The summed E-state index contributed by atoms with van der Waals surface area (Å²) in [6.45, 7) is 2.53. The number of nitrogens with zero attached hydrogens (tertiary/aromatic N) is 3. The van der Waals surface area contributed by atoms with Crippen molar-refractivity contribution in [1.29, 1.82) is 0 Å². The molecule has 2 fully saturated rings. The van der Waals surface area contributed by atoms with Crippen molar-refractivity contribution in [2.24, 2.45) is 17.8 Å². The zero-order valence-corrected chi connectivity index (χ0v) is 14.6. The highest BCUT2D eigenvalue weighted by molar-refractivity contribution is 5.82. The Balaban J connectivity index is 1.22. The van der Waals surface area contributed by atoms with E-state index in [2.05, 4.69) is 44.8 Å². The molecule has 2 aliphatic carbocycles. The molecule has 2 aromatic rings. The molecule has 4 nitrogen and oxygen atoms in total. The lowest BCUT2D eigenvalue weighted by molar-refractivity contribution is -0.134. The van der Waals surface area contributed by atoms with Gasteiger partial charge in [-0.25, -0.2) is 4.98 Å². The summed E-state index contributed by atoms with van der Waals surface area (Å²) in [5.74, 6) is 2.29. The molecule has 4 heteroatoms. The number of carbonyl (C=O) groups excluding carboxylic acids is 1. The van der Waals surface area contributed by atoms with Crippen molar-refractivity contribution < 1.29 is 4.79 Å². The number of fused-ring (bicyclic) bond motifs is 1. The van der Waals surface area contributed by atoms with E-state index in [0.717, 1.165) is 44.0 Å². The summed E-state index contributed by atoms with van der Waals surface area (Å²) in [6, 6.07) is 10.6. The molecule has 0 saturated heterocycles. The fourth-order valence-corrected chi connectivity index (χ4v) is 4.42.